The van der Waals surface area contributed by atoms with Crippen LogP contribution >= 0.6 is 0 Å². The van der Waals surface area contributed by atoms with E-state index in [9.17, 15) is 0 Å². The fourth-order valence-corrected chi connectivity index (χ4v) is 2.74. The fourth-order valence-electron chi connectivity index (χ4n) is 2.74. The molecule has 0 spiro atoms. The monoisotopic (exact) mass is 212 g/mol. The second-order valence-corrected chi connectivity index (χ2v) is 5.18. The van der Waals surface area contributed by atoms with Crippen LogP contribution in [0.1, 0.15) is 32.6 Å². The van der Waals surface area contributed by atoms with Gasteiger partial charge in [-0.1, -0.05) is 0 Å². The highest BCUT2D eigenvalue weighted by atomic mass is 16.5. The molecule has 0 aromatic rings. The lowest BCUT2D eigenvalue weighted by molar-refractivity contribution is -0.0913. The lowest BCUT2D eigenvalue weighted by Crippen LogP contribution is -2.51. The first-order valence-electron chi connectivity index (χ1n) is 6.25. The number of hydrogen-bond donors (Lipinski definition) is 1. The third kappa shape index (κ3) is 2.71. The van der Waals surface area contributed by atoms with Crippen molar-refractivity contribution >= 4 is 0 Å². The maximum Gasteiger partial charge on any atom is 0.0805 e. The van der Waals surface area contributed by atoms with E-state index in [1.54, 1.807) is 0 Å². The molecule has 1 saturated carbocycles. The van der Waals surface area contributed by atoms with E-state index in [1.165, 1.54) is 38.8 Å². The van der Waals surface area contributed by atoms with Gasteiger partial charge in [-0.05, 0) is 45.7 Å². The molecule has 1 atom stereocenters. The van der Waals surface area contributed by atoms with Crippen molar-refractivity contribution in [1.82, 2.24) is 10.2 Å². The normalized spacial score (nSPS) is 32.0. The number of hydrogen-bond acceptors (Lipinski definition) is 3. The Hall–Kier alpha value is -0.120. The summed E-state index contributed by atoms with van der Waals surface area (Å²) in [5.74, 6) is 0. The van der Waals surface area contributed by atoms with Crippen LogP contribution < -0.4 is 5.32 Å². The molecule has 1 heterocycles. The van der Waals surface area contributed by atoms with Crippen molar-refractivity contribution in [2.75, 3.05) is 33.3 Å². The number of ether oxygens (including phenoxy) is 1. The molecule has 15 heavy (non-hydrogen) atoms. The van der Waals surface area contributed by atoms with Gasteiger partial charge < -0.3 is 10.1 Å². The van der Waals surface area contributed by atoms with E-state index in [4.69, 9.17) is 4.74 Å². The Balaban J connectivity index is 1.86. The molecular weight excluding hydrogens is 188 g/mol. The summed E-state index contributed by atoms with van der Waals surface area (Å²) < 4.78 is 5.69. The van der Waals surface area contributed by atoms with Crippen molar-refractivity contribution in [2.45, 2.75) is 44.2 Å². The molecule has 3 heteroatoms. The summed E-state index contributed by atoms with van der Waals surface area (Å²) >= 11 is 0. The van der Waals surface area contributed by atoms with Gasteiger partial charge in [0.15, 0.2) is 0 Å². The summed E-state index contributed by atoms with van der Waals surface area (Å²) in [6, 6.07) is 0.626. The average Bonchev–Trinajstić information content (AvgIpc) is 2.36. The van der Waals surface area contributed by atoms with Crippen LogP contribution in [0.3, 0.4) is 0 Å². The van der Waals surface area contributed by atoms with Gasteiger partial charge in [-0.15, -0.1) is 0 Å². The maximum absolute atomic E-state index is 5.69. The Kier molecular flexibility index (Phi) is 3.65. The summed E-state index contributed by atoms with van der Waals surface area (Å²) in [6.07, 6.45) is 5.11. The van der Waals surface area contributed by atoms with E-state index in [1.807, 2.05) is 7.11 Å². The second kappa shape index (κ2) is 4.81. The van der Waals surface area contributed by atoms with Crippen molar-refractivity contribution < 1.29 is 4.74 Å². The molecule has 1 aliphatic carbocycles. The fraction of sp³-hybridized carbons (Fsp3) is 1.00. The highest BCUT2D eigenvalue weighted by Crippen LogP contribution is 2.35. The van der Waals surface area contributed by atoms with Crippen molar-refractivity contribution in [3.8, 4) is 0 Å². The molecule has 2 rings (SSSR count). The van der Waals surface area contributed by atoms with Gasteiger partial charge in [0.2, 0.25) is 0 Å². The average molecular weight is 212 g/mol. The first kappa shape index (κ1) is 11.4. The summed E-state index contributed by atoms with van der Waals surface area (Å²) in [7, 11) is 1.87. The lowest BCUT2D eigenvalue weighted by atomic mass is 9.79. The standard InChI is InChI=1S/C12H24N2O/c1-11-9-14(8-4-7-13-11)10-12(15-2)5-3-6-12/h11,13H,3-10H2,1-2H3. The molecule has 0 aromatic carbocycles. The van der Waals surface area contributed by atoms with Gasteiger partial charge in [-0.2, -0.15) is 0 Å². The predicted molar refractivity (Wildman–Crippen MR) is 62.1 cm³/mol. The van der Waals surface area contributed by atoms with Crippen LogP contribution in [0.25, 0.3) is 0 Å². The topological polar surface area (TPSA) is 24.5 Å². The maximum atomic E-state index is 5.69. The number of nitrogens with one attached hydrogen (secondary N) is 1. The van der Waals surface area contributed by atoms with Crippen LogP contribution in [-0.4, -0.2) is 49.8 Å². The molecule has 3 nitrogen and oxygen atoms in total. The van der Waals surface area contributed by atoms with Gasteiger partial charge in [-0.3, -0.25) is 4.90 Å². The minimum absolute atomic E-state index is 0.198. The lowest BCUT2D eigenvalue weighted by Gasteiger charge is -2.44. The largest absolute Gasteiger partial charge is 0.377 e. The van der Waals surface area contributed by atoms with Gasteiger partial charge in [0.25, 0.3) is 0 Å². The Morgan fingerprint density at radius 2 is 2.20 bits per heavy atom. The molecule has 1 N–H and O–H groups in total. The summed E-state index contributed by atoms with van der Waals surface area (Å²) in [4.78, 5) is 2.58. The summed E-state index contributed by atoms with van der Waals surface area (Å²) in [5.41, 5.74) is 0.198. The molecule has 2 aliphatic rings. The van der Waals surface area contributed by atoms with Gasteiger partial charge >= 0.3 is 0 Å². The molecule has 2 fully saturated rings. The van der Waals surface area contributed by atoms with E-state index in [0.29, 0.717) is 6.04 Å². The van der Waals surface area contributed by atoms with Gasteiger partial charge in [-0.25, -0.2) is 0 Å². The molecule has 0 amide bonds. The summed E-state index contributed by atoms with van der Waals surface area (Å²) in [6.45, 7) is 6.97. The zero-order valence-electron chi connectivity index (χ0n) is 10.1. The minimum atomic E-state index is 0.198. The number of nitrogens with zero attached hydrogens (tertiary/aromatic N) is 1. The van der Waals surface area contributed by atoms with Crippen LogP contribution in [0.4, 0.5) is 0 Å². The second-order valence-electron chi connectivity index (χ2n) is 5.18. The number of methoxy groups -OCH3 is 1. The molecule has 0 radical (unpaired) electrons. The van der Waals surface area contributed by atoms with Gasteiger partial charge in [0, 0.05) is 26.2 Å². The third-order valence-corrected chi connectivity index (χ3v) is 3.89. The first-order valence-corrected chi connectivity index (χ1v) is 6.25. The van der Waals surface area contributed by atoms with Crippen LogP contribution in [0.5, 0.6) is 0 Å². The van der Waals surface area contributed by atoms with Gasteiger partial charge in [0.05, 0.1) is 5.60 Å². The van der Waals surface area contributed by atoms with Crippen LogP contribution in [-0.2, 0) is 4.74 Å². The Morgan fingerprint density at radius 1 is 1.40 bits per heavy atom. The van der Waals surface area contributed by atoms with Crippen molar-refractivity contribution in [2.24, 2.45) is 0 Å². The van der Waals surface area contributed by atoms with Crippen LogP contribution in [0.2, 0.25) is 0 Å². The zero-order valence-corrected chi connectivity index (χ0v) is 10.1. The Labute approximate surface area is 93.2 Å². The number of rotatable bonds is 3. The van der Waals surface area contributed by atoms with E-state index in [2.05, 4.69) is 17.1 Å². The molecule has 0 bridgehead atoms. The van der Waals surface area contributed by atoms with E-state index in [0.717, 1.165) is 13.1 Å². The van der Waals surface area contributed by atoms with Crippen LogP contribution in [0.15, 0.2) is 0 Å². The molecule has 88 valence electrons. The molecule has 1 saturated heterocycles. The minimum Gasteiger partial charge on any atom is -0.377 e. The highest BCUT2D eigenvalue weighted by Gasteiger charge is 2.38. The highest BCUT2D eigenvalue weighted by molar-refractivity contribution is 4.93. The quantitative estimate of drug-likeness (QED) is 0.762. The van der Waals surface area contributed by atoms with E-state index in [-0.39, 0.29) is 5.60 Å². The van der Waals surface area contributed by atoms with E-state index < -0.39 is 0 Å². The molecule has 1 aliphatic heterocycles. The van der Waals surface area contributed by atoms with Crippen molar-refractivity contribution in [3.63, 3.8) is 0 Å². The van der Waals surface area contributed by atoms with E-state index >= 15 is 0 Å². The Morgan fingerprint density at radius 3 is 2.80 bits per heavy atom. The van der Waals surface area contributed by atoms with Crippen LogP contribution in [0, 0.1) is 0 Å². The first-order chi connectivity index (χ1) is 7.24. The smallest absolute Gasteiger partial charge is 0.0805 e. The SMILES string of the molecule is COC1(CN2CCCNC(C)C2)CCC1. The Bertz CT molecular complexity index is 198. The third-order valence-electron chi connectivity index (χ3n) is 3.89. The van der Waals surface area contributed by atoms with Crippen molar-refractivity contribution in [3.05, 3.63) is 0 Å². The summed E-state index contributed by atoms with van der Waals surface area (Å²) in [5, 5.41) is 3.53. The van der Waals surface area contributed by atoms with Crippen molar-refractivity contribution in [1.29, 1.82) is 0 Å². The predicted octanol–water partition coefficient (Wildman–Crippen LogP) is 1.24. The molecular formula is C12H24N2O. The zero-order chi connectivity index (χ0) is 10.7. The molecule has 0 aromatic heterocycles. The van der Waals surface area contributed by atoms with Gasteiger partial charge in [0.1, 0.15) is 0 Å². The molecule has 1 unspecified atom stereocenters.